The fraction of sp³-hybridized carbons (Fsp3) is 0.318. The van der Waals surface area contributed by atoms with Crippen LogP contribution >= 0.6 is 0 Å². The lowest BCUT2D eigenvalue weighted by Crippen LogP contribution is -2.17. The lowest BCUT2D eigenvalue weighted by Gasteiger charge is -2.25. The number of rotatable bonds is 6. The number of carbonyl (C=O) groups excluding carboxylic acids is 1. The Hall–Kier alpha value is -3.55. The molecule has 158 valence electrons. The minimum absolute atomic E-state index is 0.0956. The monoisotopic (exact) mass is 414 g/mol. The van der Waals surface area contributed by atoms with E-state index in [0.717, 1.165) is 11.1 Å². The van der Waals surface area contributed by atoms with Crippen molar-refractivity contribution in [1.82, 2.24) is 0 Å². The van der Waals surface area contributed by atoms with E-state index in [1.807, 2.05) is 12.1 Å². The fourth-order valence-corrected chi connectivity index (χ4v) is 3.89. The fourth-order valence-electron chi connectivity index (χ4n) is 3.89. The van der Waals surface area contributed by atoms with Crippen LogP contribution in [-0.4, -0.2) is 45.8 Å². The maximum atomic E-state index is 12.1. The Bertz CT molecular complexity index is 973. The first-order valence-corrected chi connectivity index (χ1v) is 9.26. The van der Waals surface area contributed by atoms with E-state index in [9.17, 15) is 9.90 Å². The van der Waals surface area contributed by atoms with Gasteiger partial charge in [0.25, 0.3) is 0 Å². The van der Waals surface area contributed by atoms with Crippen LogP contribution < -0.4 is 23.7 Å². The molecule has 2 aliphatic rings. The number of fused-ring (bicyclic) bond motifs is 1. The summed E-state index contributed by atoms with van der Waals surface area (Å²) < 4.78 is 32.5. The van der Waals surface area contributed by atoms with Crippen LogP contribution in [0, 0.1) is 5.92 Å². The quantitative estimate of drug-likeness (QED) is 0.570. The van der Waals surface area contributed by atoms with Crippen LogP contribution in [0.1, 0.15) is 17.0 Å². The number of hydrogen-bond acceptors (Lipinski definition) is 8. The Morgan fingerprint density at radius 1 is 0.967 bits per heavy atom. The number of cyclic esters (lactones) is 1. The summed E-state index contributed by atoms with van der Waals surface area (Å²) in [5.74, 6) is 0.812. The number of carbonyl (C=O) groups is 1. The van der Waals surface area contributed by atoms with Crippen molar-refractivity contribution >= 4 is 5.97 Å². The summed E-state index contributed by atoms with van der Waals surface area (Å²) in [7, 11) is 4.46. The third kappa shape index (κ3) is 3.14. The Labute approximate surface area is 173 Å². The Morgan fingerprint density at radius 2 is 1.57 bits per heavy atom. The molecule has 0 spiro atoms. The van der Waals surface area contributed by atoms with Gasteiger partial charge in [-0.2, -0.15) is 0 Å². The van der Waals surface area contributed by atoms with E-state index in [2.05, 4.69) is 6.58 Å². The molecule has 30 heavy (non-hydrogen) atoms. The first-order chi connectivity index (χ1) is 14.5. The largest absolute Gasteiger partial charge is 0.502 e. The zero-order chi connectivity index (χ0) is 21.4. The predicted octanol–water partition coefficient (Wildman–Crippen LogP) is 3.01. The zero-order valence-corrected chi connectivity index (χ0v) is 16.9. The molecular weight excluding hydrogens is 392 g/mol. The van der Waals surface area contributed by atoms with Crippen molar-refractivity contribution in [2.75, 3.05) is 34.7 Å². The van der Waals surface area contributed by atoms with Crippen molar-refractivity contribution in [1.29, 1.82) is 0 Å². The highest BCUT2D eigenvalue weighted by molar-refractivity contribution is 5.90. The van der Waals surface area contributed by atoms with Crippen molar-refractivity contribution in [2.45, 2.75) is 5.92 Å². The van der Waals surface area contributed by atoms with Gasteiger partial charge in [0, 0.05) is 17.4 Å². The third-order valence-corrected chi connectivity index (χ3v) is 5.41. The Morgan fingerprint density at radius 3 is 2.13 bits per heavy atom. The van der Waals surface area contributed by atoms with Gasteiger partial charge in [0.1, 0.15) is 0 Å². The second-order valence-electron chi connectivity index (χ2n) is 6.94. The van der Waals surface area contributed by atoms with Gasteiger partial charge in [-0.05, 0) is 35.4 Å². The highest BCUT2D eigenvalue weighted by Gasteiger charge is 2.38. The topological polar surface area (TPSA) is 92.7 Å². The second kappa shape index (κ2) is 7.70. The molecule has 1 N–H and O–H groups in total. The average Bonchev–Trinajstić information content (AvgIpc) is 3.36. The van der Waals surface area contributed by atoms with E-state index in [-0.39, 0.29) is 42.5 Å². The molecule has 1 fully saturated rings. The van der Waals surface area contributed by atoms with Gasteiger partial charge in [-0.25, -0.2) is 4.79 Å². The van der Waals surface area contributed by atoms with E-state index in [1.165, 1.54) is 14.2 Å². The van der Waals surface area contributed by atoms with Gasteiger partial charge in [-0.1, -0.05) is 6.58 Å². The first-order valence-electron chi connectivity index (χ1n) is 9.26. The Balaban J connectivity index is 1.91. The molecule has 8 heteroatoms. The molecule has 0 bridgehead atoms. The van der Waals surface area contributed by atoms with E-state index in [0.29, 0.717) is 22.8 Å². The van der Waals surface area contributed by atoms with E-state index in [4.69, 9.17) is 28.4 Å². The normalized spacial score (nSPS) is 18.2. The SMILES string of the molecule is C=C1C(=O)OC[C@H]1[C@@H](c1cc(OC)c(O)c(OC)c1)c1cc(OC)c2c(c1)OCO2. The number of methoxy groups -OCH3 is 3. The number of aromatic hydroxyl groups is 1. The maximum absolute atomic E-state index is 12.1. The summed E-state index contributed by atoms with van der Waals surface area (Å²) in [5, 5.41) is 10.3. The molecule has 2 heterocycles. The lowest BCUT2D eigenvalue weighted by molar-refractivity contribution is -0.135. The molecular formula is C22H22O8. The van der Waals surface area contributed by atoms with Gasteiger partial charge in [0.05, 0.1) is 27.9 Å². The van der Waals surface area contributed by atoms with E-state index >= 15 is 0 Å². The first kappa shape index (κ1) is 19.8. The van der Waals surface area contributed by atoms with Crippen molar-refractivity contribution in [3.05, 3.63) is 47.5 Å². The minimum atomic E-state index is -0.435. The van der Waals surface area contributed by atoms with E-state index < -0.39 is 5.97 Å². The number of ether oxygens (including phenoxy) is 6. The van der Waals surface area contributed by atoms with Crippen molar-refractivity contribution in [3.8, 4) is 34.5 Å². The molecule has 2 aliphatic heterocycles. The van der Waals surface area contributed by atoms with Crippen LogP contribution in [0.2, 0.25) is 0 Å². The predicted molar refractivity (Wildman–Crippen MR) is 106 cm³/mol. The summed E-state index contributed by atoms with van der Waals surface area (Å²) in [5.41, 5.74) is 1.91. The van der Waals surface area contributed by atoms with Crippen LogP contribution in [0.3, 0.4) is 0 Å². The number of phenols is 1. The number of benzene rings is 2. The maximum Gasteiger partial charge on any atom is 0.333 e. The second-order valence-corrected chi connectivity index (χ2v) is 6.94. The smallest absolute Gasteiger partial charge is 0.333 e. The molecule has 0 aromatic heterocycles. The Kier molecular flexibility index (Phi) is 5.07. The molecule has 0 aliphatic carbocycles. The third-order valence-electron chi connectivity index (χ3n) is 5.41. The molecule has 0 saturated carbocycles. The van der Waals surface area contributed by atoms with Crippen molar-refractivity contribution in [3.63, 3.8) is 0 Å². The van der Waals surface area contributed by atoms with E-state index in [1.54, 1.807) is 19.2 Å². The van der Waals surface area contributed by atoms with Crippen LogP contribution in [-0.2, 0) is 9.53 Å². The van der Waals surface area contributed by atoms with Gasteiger partial charge >= 0.3 is 5.97 Å². The van der Waals surface area contributed by atoms with Gasteiger partial charge in [0.15, 0.2) is 23.0 Å². The molecule has 2 aromatic carbocycles. The van der Waals surface area contributed by atoms with Crippen LogP contribution in [0.15, 0.2) is 36.4 Å². The molecule has 0 radical (unpaired) electrons. The summed E-state index contributed by atoms with van der Waals surface area (Å²) in [6, 6.07) is 7.09. The molecule has 0 amide bonds. The van der Waals surface area contributed by atoms with Crippen LogP contribution in [0.25, 0.3) is 0 Å². The van der Waals surface area contributed by atoms with Gasteiger partial charge in [-0.15, -0.1) is 0 Å². The average molecular weight is 414 g/mol. The standard InChI is InChI=1S/C22H22O8/c1-11-14(9-28-22(11)24)19(12-5-15(25-2)20(23)16(6-12)26-3)13-7-17(27-4)21-18(8-13)29-10-30-21/h5-8,14,19,23H,1,9-10H2,2-4H3/t14-,19+/m1/s1. The summed E-state index contributed by atoms with van der Waals surface area (Å²) >= 11 is 0. The zero-order valence-electron chi connectivity index (χ0n) is 16.9. The number of esters is 1. The van der Waals surface area contributed by atoms with Gasteiger partial charge in [0.2, 0.25) is 18.3 Å². The number of hydrogen-bond donors (Lipinski definition) is 1. The van der Waals surface area contributed by atoms with Crippen LogP contribution in [0.4, 0.5) is 0 Å². The summed E-state index contributed by atoms with van der Waals surface area (Å²) in [6.45, 7) is 4.20. The highest BCUT2D eigenvalue weighted by Crippen LogP contribution is 2.49. The molecule has 1 saturated heterocycles. The minimum Gasteiger partial charge on any atom is -0.502 e. The highest BCUT2D eigenvalue weighted by atomic mass is 16.7. The lowest BCUT2D eigenvalue weighted by atomic mass is 9.78. The molecule has 2 aromatic rings. The van der Waals surface area contributed by atoms with Crippen molar-refractivity contribution < 1.29 is 38.3 Å². The summed E-state index contributed by atoms with van der Waals surface area (Å²) in [6.07, 6.45) is 0. The molecule has 2 atom stereocenters. The van der Waals surface area contributed by atoms with Gasteiger partial charge < -0.3 is 33.5 Å². The number of phenolic OH excluding ortho intramolecular Hbond substituents is 1. The molecule has 4 rings (SSSR count). The summed E-state index contributed by atoms with van der Waals surface area (Å²) in [4.78, 5) is 12.1. The van der Waals surface area contributed by atoms with Crippen molar-refractivity contribution in [2.24, 2.45) is 5.92 Å². The molecule has 0 unspecified atom stereocenters. The van der Waals surface area contributed by atoms with Gasteiger partial charge in [-0.3, -0.25) is 0 Å². The molecule has 8 nitrogen and oxygen atoms in total. The van der Waals surface area contributed by atoms with Crippen LogP contribution in [0.5, 0.6) is 34.5 Å².